The van der Waals surface area contributed by atoms with Crippen LogP contribution < -0.4 is 5.73 Å². The van der Waals surface area contributed by atoms with Crippen molar-refractivity contribution in [1.82, 2.24) is 9.78 Å². The molecule has 0 amide bonds. The van der Waals surface area contributed by atoms with Crippen molar-refractivity contribution < 1.29 is 0 Å². The van der Waals surface area contributed by atoms with Crippen LogP contribution in [0.15, 0.2) is 0 Å². The third-order valence-electron chi connectivity index (χ3n) is 2.55. The van der Waals surface area contributed by atoms with Crippen LogP contribution in [-0.2, 0) is 0 Å². The van der Waals surface area contributed by atoms with Crippen molar-refractivity contribution in [3.63, 3.8) is 0 Å². The zero-order valence-corrected chi connectivity index (χ0v) is 9.80. The molecule has 1 rings (SSSR count). The summed E-state index contributed by atoms with van der Waals surface area (Å²) in [6, 6.07) is 0.381. The first-order valence-electron chi connectivity index (χ1n) is 5.03. The van der Waals surface area contributed by atoms with E-state index < -0.39 is 0 Å². The van der Waals surface area contributed by atoms with Gasteiger partial charge in [0.1, 0.15) is 0 Å². The molecule has 0 fully saturated rings. The van der Waals surface area contributed by atoms with Crippen molar-refractivity contribution in [2.24, 2.45) is 5.73 Å². The molecule has 0 aliphatic carbocycles. The number of nitrogens with zero attached hydrogens (tertiary/aromatic N) is 2. The van der Waals surface area contributed by atoms with E-state index in [1.807, 2.05) is 18.5 Å². The summed E-state index contributed by atoms with van der Waals surface area (Å²) in [5.74, 6) is 0. The van der Waals surface area contributed by atoms with Crippen LogP contribution in [0.4, 0.5) is 0 Å². The maximum absolute atomic E-state index is 6.08. The molecule has 0 spiro atoms. The molecule has 1 aromatic rings. The number of hydrogen-bond acceptors (Lipinski definition) is 2. The SMILES string of the molecule is CCC(CCN)n1nc(C)c(Cl)c1C. The fraction of sp³-hybridized carbons (Fsp3) is 0.700. The minimum absolute atomic E-state index is 0.381. The highest BCUT2D eigenvalue weighted by Gasteiger charge is 2.15. The average Bonchev–Trinajstić information content (AvgIpc) is 2.42. The van der Waals surface area contributed by atoms with Crippen LogP contribution >= 0.6 is 11.6 Å². The fourth-order valence-corrected chi connectivity index (χ4v) is 1.81. The van der Waals surface area contributed by atoms with Gasteiger partial charge in [0.25, 0.3) is 0 Å². The predicted molar refractivity (Wildman–Crippen MR) is 59.7 cm³/mol. The van der Waals surface area contributed by atoms with Gasteiger partial charge in [-0.1, -0.05) is 18.5 Å². The van der Waals surface area contributed by atoms with E-state index in [9.17, 15) is 0 Å². The Kier molecular flexibility index (Phi) is 3.96. The summed E-state index contributed by atoms with van der Waals surface area (Å²) >= 11 is 6.08. The van der Waals surface area contributed by atoms with Gasteiger partial charge in [0.05, 0.1) is 22.5 Å². The Morgan fingerprint density at radius 3 is 2.50 bits per heavy atom. The smallest absolute Gasteiger partial charge is 0.0844 e. The fourth-order valence-electron chi connectivity index (χ4n) is 1.69. The minimum atomic E-state index is 0.381. The minimum Gasteiger partial charge on any atom is -0.330 e. The number of hydrogen-bond donors (Lipinski definition) is 1. The van der Waals surface area contributed by atoms with E-state index in [2.05, 4.69) is 12.0 Å². The predicted octanol–water partition coefficient (Wildman–Crippen LogP) is 2.45. The Balaban J connectivity index is 2.98. The van der Waals surface area contributed by atoms with E-state index in [0.29, 0.717) is 12.6 Å². The lowest BCUT2D eigenvalue weighted by Gasteiger charge is -2.16. The molecule has 2 N–H and O–H groups in total. The Morgan fingerprint density at radius 1 is 1.50 bits per heavy atom. The number of aryl methyl sites for hydroxylation is 1. The van der Waals surface area contributed by atoms with Crippen LogP contribution in [0.5, 0.6) is 0 Å². The number of nitrogens with two attached hydrogens (primary N) is 1. The summed E-state index contributed by atoms with van der Waals surface area (Å²) in [5.41, 5.74) is 7.51. The van der Waals surface area contributed by atoms with E-state index in [-0.39, 0.29) is 0 Å². The first-order valence-corrected chi connectivity index (χ1v) is 5.40. The van der Waals surface area contributed by atoms with Crippen molar-refractivity contribution >= 4 is 11.6 Å². The van der Waals surface area contributed by atoms with Crippen LogP contribution in [0.3, 0.4) is 0 Å². The van der Waals surface area contributed by atoms with Gasteiger partial charge in [-0.2, -0.15) is 5.10 Å². The zero-order chi connectivity index (χ0) is 10.7. The standard InChI is InChI=1S/C10H18ClN3/c1-4-9(5-6-12)14-8(3)10(11)7(2)13-14/h9H,4-6,12H2,1-3H3. The van der Waals surface area contributed by atoms with Crippen molar-refractivity contribution in [2.75, 3.05) is 6.54 Å². The van der Waals surface area contributed by atoms with Gasteiger partial charge in [-0.05, 0) is 33.2 Å². The largest absolute Gasteiger partial charge is 0.330 e. The average molecular weight is 216 g/mol. The lowest BCUT2D eigenvalue weighted by atomic mass is 10.1. The molecule has 1 heterocycles. The molecule has 80 valence electrons. The van der Waals surface area contributed by atoms with Crippen LogP contribution in [0.25, 0.3) is 0 Å². The molecule has 1 aromatic heterocycles. The van der Waals surface area contributed by atoms with Crippen LogP contribution in [0.1, 0.15) is 37.2 Å². The first kappa shape index (κ1) is 11.5. The first-order chi connectivity index (χ1) is 6.61. The van der Waals surface area contributed by atoms with E-state index in [1.165, 1.54) is 0 Å². The molecule has 1 atom stereocenters. The Morgan fingerprint density at radius 2 is 2.14 bits per heavy atom. The normalized spacial score (nSPS) is 13.2. The maximum atomic E-state index is 6.08. The van der Waals surface area contributed by atoms with Gasteiger partial charge in [-0.25, -0.2) is 0 Å². The van der Waals surface area contributed by atoms with Gasteiger partial charge >= 0.3 is 0 Å². The highest BCUT2D eigenvalue weighted by Crippen LogP contribution is 2.24. The topological polar surface area (TPSA) is 43.8 Å². The zero-order valence-electron chi connectivity index (χ0n) is 9.05. The maximum Gasteiger partial charge on any atom is 0.0844 e. The Bertz CT molecular complexity index is 307. The molecule has 0 aliphatic rings. The number of rotatable bonds is 4. The summed E-state index contributed by atoms with van der Waals surface area (Å²) in [6.07, 6.45) is 1.99. The Labute approximate surface area is 90.2 Å². The molecule has 0 radical (unpaired) electrons. The third kappa shape index (κ3) is 2.10. The second-order valence-corrected chi connectivity index (χ2v) is 3.95. The molecular formula is C10H18ClN3. The molecule has 0 aliphatic heterocycles. The molecule has 4 heteroatoms. The quantitative estimate of drug-likeness (QED) is 0.839. The van der Waals surface area contributed by atoms with Crippen molar-refractivity contribution in [1.29, 1.82) is 0 Å². The van der Waals surface area contributed by atoms with Gasteiger partial charge in [-0.3, -0.25) is 4.68 Å². The summed E-state index contributed by atoms with van der Waals surface area (Å²) in [5, 5.41) is 5.21. The lowest BCUT2D eigenvalue weighted by Crippen LogP contribution is -2.15. The van der Waals surface area contributed by atoms with Gasteiger partial charge in [-0.15, -0.1) is 0 Å². The van der Waals surface area contributed by atoms with Crippen molar-refractivity contribution in [2.45, 2.75) is 39.7 Å². The van der Waals surface area contributed by atoms with Crippen LogP contribution in [0, 0.1) is 13.8 Å². The van der Waals surface area contributed by atoms with Crippen LogP contribution in [0.2, 0.25) is 5.02 Å². The van der Waals surface area contributed by atoms with E-state index in [1.54, 1.807) is 0 Å². The van der Waals surface area contributed by atoms with Gasteiger partial charge in [0, 0.05) is 0 Å². The molecule has 3 nitrogen and oxygen atoms in total. The van der Waals surface area contributed by atoms with Gasteiger partial charge in [0.15, 0.2) is 0 Å². The van der Waals surface area contributed by atoms with Crippen molar-refractivity contribution in [3.8, 4) is 0 Å². The second kappa shape index (κ2) is 4.80. The molecule has 1 unspecified atom stereocenters. The summed E-state index contributed by atoms with van der Waals surface area (Å²) in [7, 11) is 0. The van der Waals surface area contributed by atoms with Crippen molar-refractivity contribution in [3.05, 3.63) is 16.4 Å². The molecule has 0 saturated heterocycles. The summed E-state index contributed by atoms with van der Waals surface area (Å²) in [6.45, 7) is 6.77. The van der Waals surface area contributed by atoms with E-state index in [4.69, 9.17) is 17.3 Å². The number of aromatic nitrogens is 2. The summed E-state index contributed by atoms with van der Waals surface area (Å²) in [4.78, 5) is 0. The Hall–Kier alpha value is -0.540. The monoisotopic (exact) mass is 215 g/mol. The molecule has 0 aromatic carbocycles. The number of halogens is 1. The lowest BCUT2D eigenvalue weighted by molar-refractivity contribution is 0.408. The molecule has 0 bridgehead atoms. The third-order valence-corrected chi connectivity index (χ3v) is 3.10. The summed E-state index contributed by atoms with van der Waals surface area (Å²) < 4.78 is 2.00. The van der Waals surface area contributed by atoms with Gasteiger partial charge in [0.2, 0.25) is 0 Å². The highest BCUT2D eigenvalue weighted by atomic mass is 35.5. The molecule has 14 heavy (non-hydrogen) atoms. The molecule has 0 saturated carbocycles. The van der Waals surface area contributed by atoms with Gasteiger partial charge < -0.3 is 5.73 Å². The van der Waals surface area contributed by atoms with Crippen LogP contribution in [-0.4, -0.2) is 16.3 Å². The van der Waals surface area contributed by atoms with E-state index in [0.717, 1.165) is 29.3 Å². The highest BCUT2D eigenvalue weighted by molar-refractivity contribution is 6.31. The molecular weight excluding hydrogens is 198 g/mol. The van der Waals surface area contributed by atoms with E-state index >= 15 is 0 Å². The second-order valence-electron chi connectivity index (χ2n) is 3.57.